The van der Waals surface area contributed by atoms with Gasteiger partial charge in [-0.3, -0.25) is 4.79 Å². The van der Waals surface area contributed by atoms with Crippen molar-refractivity contribution in [3.8, 4) is 0 Å². The van der Waals surface area contributed by atoms with E-state index in [-0.39, 0.29) is 46.1 Å². The van der Waals surface area contributed by atoms with Crippen LogP contribution in [0.4, 0.5) is 0 Å². The third kappa shape index (κ3) is 3.18. The standard InChI is InChI=1S/C32H46O6/c1-16-10-11-19-23-21(16)27(36-15-30(23,8)13-28(19,4)5)38-24-22-17(2)12-20(37-18(3)33)25-29(6,7)14-31(9,26(24)34)32(22,25)35/h10-11,17,20,22,24-27,34-35H,12-15H2,1-9H3. The summed E-state index contributed by atoms with van der Waals surface area (Å²) in [4.78, 5) is 12.1. The molecule has 6 rings (SSSR count). The predicted molar refractivity (Wildman–Crippen MR) is 144 cm³/mol. The van der Waals surface area contributed by atoms with E-state index in [9.17, 15) is 15.0 Å². The number of esters is 1. The Morgan fingerprint density at radius 3 is 2.45 bits per heavy atom. The minimum absolute atomic E-state index is 0.00801. The van der Waals surface area contributed by atoms with Crippen molar-refractivity contribution in [3.05, 3.63) is 34.4 Å². The molecule has 3 fully saturated rings. The largest absolute Gasteiger partial charge is 0.462 e. The summed E-state index contributed by atoms with van der Waals surface area (Å²) in [5.41, 5.74) is 2.62. The van der Waals surface area contributed by atoms with E-state index >= 15 is 0 Å². The molecule has 2 N–H and O–H groups in total. The second-order valence-corrected chi connectivity index (χ2v) is 15.3. The van der Waals surface area contributed by atoms with Gasteiger partial charge in [-0.25, -0.2) is 0 Å². The van der Waals surface area contributed by atoms with Crippen molar-refractivity contribution in [2.45, 2.75) is 123 Å². The fourth-order valence-corrected chi connectivity index (χ4v) is 10.7. The molecule has 38 heavy (non-hydrogen) atoms. The first-order valence-corrected chi connectivity index (χ1v) is 14.5. The van der Waals surface area contributed by atoms with Crippen LogP contribution < -0.4 is 0 Å². The number of hydrogen-bond donors (Lipinski definition) is 2. The summed E-state index contributed by atoms with van der Waals surface area (Å²) in [6.07, 6.45) is -0.151. The van der Waals surface area contributed by atoms with Crippen LogP contribution in [0.25, 0.3) is 0 Å². The lowest BCUT2D eigenvalue weighted by molar-refractivity contribution is -0.239. The van der Waals surface area contributed by atoms with E-state index < -0.39 is 29.5 Å². The molecule has 1 aliphatic heterocycles. The first-order chi connectivity index (χ1) is 17.5. The number of carbonyl (C=O) groups excluding carboxylic acids is 1. The van der Waals surface area contributed by atoms with E-state index in [1.54, 1.807) is 0 Å². The molecule has 3 saturated carbocycles. The third-order valence-electron chi connectivity index (χ3n) is 11.5. The summed E-state index contributed by atoms with van der Waals surface area (Å²) in [5, 5.41) is 24.7. The topological polar surface area (TPSA) is 85.2 Å². The van der Waals surface area contributed by atoms with Gasteiger partial charge in [0.1, 0.15) is 6.10 Å². The minimum atomic E-state index is -1.22. The number of aliphatic hydroxyl groups excluding tert-OH is 1. The zero-order valence-electron chi connectivity index (χ0n) is 24.6. The molecule has 0 saturated heterocycles. The lowest BCUT2D eigenvalue weighted by Crippen LogP contribution is -2.60. The van der Waals surface area contributed by atoms with Crippen molar-refractivity contribution < 1.29 is 29.2 Å². The first kappa shape index (κ1) is 26.7. The van der Waals surface area contributed by atoms with Gasteiger partial charge in [-0.1, -0.05) is 60.6 Å². The second kappa shape index (κ2) is 7.84. The lowest BCUT2D eigenvalue weighted by atomic mass is 9.58. The van der Waals surface area contributed by atoms with Gasteiger partial charge < -0.3 is 24.4 Å². The van der Waals surface area contributed by atoms with Gasteiger partial charge in [0, 0.05) is 35.2 Å². The Morgan fingerprint density at radius 2 is 1.79 bits per heavy atom. The Balaban J connectivity index is 1.42. The van der Waals surface area contributed by atoms with Gasteiger partial charge in [0.2, 0.25) is 0 Å². The van der Waals surface area contributed by atoms with Gasteiger partial charge >= 0.3 is 5.97 Å². The van der Waals surface area contributed by atoms with Crippen molar-refractivity contribution in [1.82, 2.24) is 0 Å². The summed E-state index contributed by atoms with van der Waals surface area (Å²) in [6.45, 7) is 19.4. The molecule has 1 aromatic carbocycles. The van der Waals surface area contributed by atoms with Crippen molar-refractivity contribution in [3.63, 3.8) is 0 Å². The Hall–Kier alpha value is -1.47. The fourth-order valence-electron chi connectivity index (χ4n) is 10.7. The number of rotatable bonds is 3. The smallest absolute Gasteiger partial charge is 0.302 e. The van der Waals surface area contributed by atoms with Crippen LogP contribution in [0.15, 0.2) is 12.1 Å². The normalized spacial score (nSPS) is 47.5. The van der Waals surface area contributed by atoms with Crippen LogP contribution in [0.2, 0.25) is 0 Å². The van der Waals surface area contributed by atoms with Crippen LogP contribution in [-0.2, 0) is 29.8 Å². The van der Waals surface area contributed by atoms with Crippen molar-refractivity contribution in [2.24, 2.45) is 28.6 Å². The molecular weight excluding hydrogens is 480 g/mol. The molecule has 4 aliphatic carbocycles. The molecule has 0 spiro atoms. The highest BCUT2D eigenvalue weighted by Crippen LogP contribution is 2.73. The maximum Gasteiger partial charge on any atom is 0.302 e. The highest BCUT2D eigenvalue weighted by atomic mass is 16.7. The molecule has 0 radical (unpaired) electrons. The molecular formula is C32H46O6. The average molecular weight is 527 g/mol. The Bertz CT molecular complexity index is 1190. The van der Waals surface area contributed by atoms with Crippen molar-refractivity contribution in [2.75, 3.05) is 6.61 Å². The van der Waals surface area contributed by atoms with E-state index in [0.717, 1.165) is 17.5 Å². The molecule has 10 unspecified atom stereocenters. The molecule has 6 nitrogen and oxygen atoms in total. The van der Waals surface area contributed by atoms with Crippen LogP contribution in [0, 0.1) is 35.5 Å². The monoisotopic (exact) mass is 526 g/mol. The lowest BCUT2D eigenvalue weighted by Gasteiger charge is -2.52. The molecule has 6 heteroatoms. The summed E-state index contributed by atoms with van der Waals surface area (Å²) in [7, 11) is 0. The zero-order chi connectivity index (χ0) is 27.8. The SMILES string of the molecule is CC(=O)OC1CC(C)C2C(OC3OCC4(C)CC(C)(C)c5ccc(C)c3c54)C(O)C3(C)CC(C)(C)C1C23O. The van der Waals surface area contributed by atoms with Crippen molar-refractivity contribution >= 4 is 5.97 Å². The Kier molecular flexibility index (Phi) is 5.51. The predicted octanol–water partition coefficient (Wildman–Crippen LogP) is 5.09. The van der Waals surface area contributed by atoms with Gasteiger partial charge in [0.05, 0.1) is 24.4 Å². The average Bonchev–Trinajstić information content (AvgIpc) is 3.16. The van der Waals surface area contributed by atoms with Crippen molar-refractivity contribution in [1.29, 1.82) is 0 Å². The molecule has 5 aliphatic rings. The second-order valence-electron chi connectivity index (χ2n) is 15.3. The minimum Gasteiger partial charge on any atom is -0.462 e. The van der Waals surface area contributed by atoms with E-state index in [0.29, 0.717) is 19.4 Å². The van der Waals surface area contributed by atoms with Gasteiger partial charge in [0.15, 0.2) is 6.29 Å². The number of benzene rings is 1. The van der Waals surface area contributed by atoms with Gasteiger partial charge in [-0.2, -0.15) is 0 Å². The highest BCUT2D eigenvalue weighted by molar-refractivity contribution is 5.66. The maximum atomic E-state index is 12.7. The first-order valence-electron chi connectivity index (χ1n) is 14.5. The Labute approximate surface area is 227 Å². The molecule has 210 valence electrons. The summed E-state index contributed by atoms with van der Waals surface area (Å²) < 4.78 is 19.2. The van der Waals surface area contributed by atoms with Crippen LogP contribution >= 0.6 is 0 Å². The quantitative estimate of drug-likeness (QED) is 0.534. The molecule has 10 atom stereocenters. The summed E-state index contributed by atoms with van der Waals surface area (Å²) >= 11 is 0. The molecule has 0 aromatic heterocycles. The maximum absolute atomic E-state index is 12.7. The van der Waals surface area contributed by atoms with Crippen LogP contribution in [0.1, 0.15) is 103 Å². The fraction of sp³-hybridized carbons (Fsp3) is 0.781. The molecule has 1 aromatic rings. The summed E-state index contributed by atoms with van der Waals surface area (Å²) in [5.74, 6) is -0.916. The third-order valence-corrected chi connectivity index (χ3v) is 11.5. The van der Waals surface area contributed by atoms with Crippen LogP contribution in [-0.4, -0.2) is 46.7 Å². The van der Waals surface area contributed by atoms with Crippen LogP contribution in [0.3, 0.4) is 0 Å². The molecule has 0 amide bonds. The van der Waals surface area contributed by atoms with E-state index in [4.69, 9.17) is 14.2 Å². The number of carbonyl (C=O) groups is 1. The number of aliphatic hydroxyl groups is 2. The highest BCUT2D eigenvalue weighted by Gasteiger charge is 2.80. The zero-order valence-corrected chi connectivity index (χ0v) is 24.6. The number of ether oxygens (including phenoxy) is 3. The number of aryl methyl sites for hydroxylation is 1. The van der Waals surface area contributed by atoms with Gasteiger partial charge in [-0.05, 0) is 59.6 Å². The number of hydrogen-bond acceptors (Lipinski definition) is 6. The van der Waals surface area contributed by atoms with E-state index in [2.05, 4.69) is 60.6 Å². The van der Waals surface area contributed by atoms with E-state index in [1.807, 2.05) is 6.92 Å². The molecule has 1 heterocycles. The van der Waals surface area contributed by atoms with Gasteiger partial charge in [0.25, 0.3) is 0 Å². The summed E-state index contributed by atoms with van der Waals surface area (Å²) in [6, 6.07) is 4.44. The van der Waals surface area contributed by atoms with Crippen LogP contribution in [0.5, 0.6) is 0 Å². The molecule has 0 bridgehead atoms. The van der Waals surface area contributed by atoms with Gasteiger partial charge in [-0.15, -0.1) is 0 Å². The Morgan fingerprint density at radius 1 is 1.11 bits per heavy atom. The van der Waals surface area contributed by atoms with E-state index in [1.165, 1.54) is 18.1 Å².